The van der Waals surface area contributed by atoms with Gasteiger partial charge in [0, 0.05) is 19.0 Å². The Bertz CT molecular complexity index is 367. The van der Waals surface area contributed by atoms with Crippen LogP contribution in [0.5, 0.6) is 0 Å². The second-order valence-electron chi connectivity index (χ2n) is 4.86. The van der Waals surface area contributed by atoms with Crippen LogP contribution in [-0.4, -0.2) is 35.5 Å². The van der Waals surface area contributed by atoms with Gasteiger partial charge in [-0.15, -0.1) is 10.2 Å². The van der Waals surface area contributed by atoms with Gasteiger partial charge in [-0.05, 0) is 26.7 Å². The molecule has 3 rings (SSSR count). The number of hydrogen-bond acceptors (Lipinski definition) is 5. The molecule has 4 nitrogen and oxygen atoms in total. The lowest BCUT2D eigenvalue weighted by atomic mass is 10.2. The summed E-state index contributed by atoms with van der Waals surface area (Å²) in [5.74, 6) is 0.710. The third-order valence-electron chi connectivity index (χ3n) is 3.05. The first-order valence-corrected chi connectivity index (χ1v) is 6.78. The molecular weight excluding hydrogens is 222 g/mol. The summed E-state index contributed by atoms with van der Waals surface area (Å²) in [5, 5.41) is 10.9. The van der Waals surface area contributed by atoms with Crippen molar-refractivity contribution in [1.29, 1.82) is 0 Å². The lowest BCUT2D eigenvalue weighted by molar-refractivity contribution is -0.00525. The molecule has 2 aliphatic rings. The number of hydrogen-bond donors (Lipinski definition) is 0. The second-order valence-corrected chi connectivity index (χ2v) is 5.85. The van der Waals surface area contributed by atoms with Crippen molar-refractivity contribution in [1.82, 2.24) is 10.2 Å². The molecule has 2 heterocycles. The minimum absolute atomic E-state index is 0.289. The number of rotatable bonds is 2. The number of aromatic nitrogens is 2. The molecule has 0 bridgehead atoms. The van der Waals surface area contributed by atoms with Crippen molar-refractivity contribution in [3.8, 4) is 0 Å². The van der Waals surface area contributed by atoms with Gasteiger partial charge < -0.3 is 9.64 Å². The Morgan fingerprint density at radius 2 is 1.88 bits per heavy atom. The first kappa shape index (κ1) is 10.5. The van der Waals surface area contributed by atoms with E-state index in [0.29, 0.717) is 5.92 Å². The number of nitrogens with zero attached hydrogens (tertiary/aromatic N) is 3. The topological polar surface area (TPSA) is 38.2 Å². The third-order valence-corrected chi connectivity index (χ3v) is 4.19. The van der Waals surface area contributed by atoms with E-state index in [2.05, 4.69) is 28.9 Å². The Balaban J connectivity index is 1.74. The molecule has 0 N–H and O–H groups in total. The molecule has 1 saturated heterocycles. The fourth-order valence-electron chi connectivity index (χ4n) is 2.18. The van der Waals surface area contributed by atoms with Crippen LogP contribution in [0, 0.1) is 0 Å². The average Bonchev–Trinajstić information content (AvgIpc) is 2.95. The van der Waals surface area contributed by atoms with Gasteiger partial charge in [0.25, 0.3) is 0 Å². The van der Waals surface area contributed by atoms with E-state index in [0.717, 1.165) is 18.2 Å². The van der Waals surface area contributed by atoms with Gasteiger partial charge in [-0.25, -0.2) is 0 Å². The SMILES string of the molecule is CC1CN(c2nnc(C3CC3)s2)CC(C)O1. The minimum atomic E-state index is 0.289. The van der Waals surface area contributed by atoms with Crippen LogP contribution in [0.15, 0.2) is 0 Å². The van der Waals surface area contributed by atoms with Gasteiger partial charge in [0.2, 0.25) is 5.13 Å². The maximum Gasteiger partial charge on any atom is 0.208 e. The summed E-state index contributed by atoms with van der Waals surface area (Å²) < 4.78 is 5.72. The zero-order valence-corrected chi connectivity index (χ0v) is 10.5. The van der Waals surface area contributed by atoms with Crippen LogP contribution < -0.4 is 4.90 Å². The highest BCUT2D eigenvalue weighted by atomic mass is 32.1. The van der Waals surface area contributed by atoms with Crippen molar-refractivity contribution in [3.63, 3.8) is 0 Å². The Morgan fingerprint density at radius 3 is 2.50 bits per heavy atom. The normalized spacial score (nSPS) is 30.8. The van der Waals surface area contributed by atoms with Crippen LogP contribution >= 0.6 is 11.3 Å². The van der Waals surface area contributed by atoms with E-state index in [-0.39, 0.29) is 12.2 Å². The van der Waals surface area contributed by atoms with Crippen LogP contribution in [0.3, 0.4) is 0 Å². The summed E-state index contributed by atoms with van der Waals surface area (Å²) in [5.41, 5.74) is 0. The van der Waals surface area contributed by atoms with Crippen LogP contribution in [-0.2, 0) is 4.74 Å². The maximum atomic E-state index is 5.72. The quantitative estimate of drug-likeness (QED) is 0.791. The summed E-state index contributed by atoms with van der Waals surface area (Å²) in [6, 6.07) is 0. The van der Waals surface area contributed by atoms with E-state index in [1.165, 1.54) is 17.8 Å². The standard InChI is InChI=1S/C11H17N3OS/c1-7-5-14(6-8(2)15-7)11-13-12-10(16-11)9-3-4-9/h7-9H,3-6H2,1-2H3. The van der Waals surface area contributed by atoms with E-state index in [9.17, 15) is 0 Å². The summed E-state index contributed by atoms with van der Waals surface area (Å²) in [7, 11) is 0. The highest BCUT2D eigenvalue weighted by molar-refractivity contribution is 7.15. The highest BCUT2D eigenvalue weighted by Crippen LogP contribution is 2.42. The molecule has 5 heteroatoms. The number of ether oxygens (including phenoxy) is 1. The molecule has 0 spiro atoms. The van der Waals surface area contributed by atoms with Crippen LogP contribution in [0.1, 0.15) is 37.6 Å². The second kappa shape index (κ2) is 3.96. The van der Waals surface area contributed by atoms with Gasteiger partial charge >= 0.3 is 0 Å². The molecule has 2 fully saturated rings. The summed E-state index contributed by atoms with van der Waals surface area (Å²) in [6.45, 7) is 6.10. The fraction of sp³-hybridized carbons (Fsp3) is 0.818. The van der Waals surface area contributed by atoms with Crippen molar-refractivity contribution in [2.45, 2.75) is 44.8 Å². The maximum absolute atomic E-state index is 5.72. The lowest BCUT2D eigenvalue weighted by Crippen LogP contribution is -2.45. The average molecular weight is 239 g/mol. The summed E-state index contributed by atoms with van der Waals surface area (Å²) in [6.07, 6.45) is 3.17. The van der Waals surface area contributed by atoms with Crippen molar-refractivity contribution in [3.05, 3.63) is 5.01 Å². The molecule has 0 aromatic carbocycles. The summed E-state index contributed by atoms with van der Waals surface area (Å²) in [4.78, 5) is 2.31. The minimum Gasteiger partial charge on any atom is -0.372 e. The Kier molecular flexibility index (Phi) is 2.59. The first-order valence-electron chi connectivity index (χ1n) is 5.96. The molecule has 0 radical (unpaired) electrons. The Morgan fingerprint density at radius 1 is 1.19 bits per heavy atom. The van der Waals surface area contributed by atoms with E-state index in [1.54, 1.807) is 11.3 Å². The predicted octanol–water partition coefficient (Wildman–Crippen LogP) is 2.03. The summed E-state index contributed by atoms with van der Waals surface area (Å²) >= 11 is 1.76. The van der Waals surface area contributed by atoms with Crippen LogP contribution in [0.2, 0.25) is 0 Å². The largest absolute Gasteiger partial charge is 0.372 e. The Labute approximate surface area is 99.6 Å². The lowest BCUT2D eigenvalue weighted by Gasteiger charge is -2.34. The molecule has 1 aromatic rings. The van der Waals surface area contributed by atoms with Gasteiger partial charge in [-0.2, -0.15) is 0 Å². The third kappa shape index (κ3) is 2.06. The fourth-order valence-corrected chi connectivity index (χ4v) is 3.21. The zero-order valence-electron chi connectivity index (χ0n) is 9.72. The monoisotopic (exact) mass is 239 g/mol. The zero-order chi connectivity index (χ0) is 11.1. The molecule has 88 valence electrons. The molecule has 2 unspecified atom stereocenters. The van der Waals surface area contributed by atoms with Gasteiger partial charge in [-0.3, -0.25) is 0 Å². The van der Waals surface area contributed by atoms with Crippen molar-refractivity contribution in [2.75, 3.05) is 18.0 Å². The predicted molar refractivity (Wildman–Crippen MR) is 64.1 cm³/mol. The number of morpholine rings is 1. The van der Waals surface area contributed by atoms with Crippen LogP contribution in [0.4, 0.5) is 5.13 Å². The molecule has 2 atom stereocenters. The highest BCUT2D eigenvalue weighted by Gasteiger charge is 2.30. The van der Waals surface area contributed by atoms with Crippen molar-refractivity contribution >= 4 is 16.5 Å². The number of anilines is 1. The van der Waals surface area contributed by atoms with Gasteiger partial charge in [0.05, 0.1) is 12.2 Å². The first-order chi connectivity index (χ1) is 7.72. The molecule has 1 aliphatic carbocycles. The van der Waals surface area contributed by atoms with Crippen molar-refractivity contribution < 1.29 is 4.74 Å². The molecular formula is C11H17N3OS. The van der Waals surface area contributed by atoms with E-state index in [4.69, 9.17) is 4.74 Å². The molecule has 1 aliphatic heterocycles. The molecule has 1 saturated carbocycles. The van der Waals surface area contributed by atoms with Gasteiger partial charge in [0.15, 0.2) is 0 Å². The van der Waals surface area contributed by atoms with Gasteiger partial charge in [-0.1, -0.05) is 11.3 Å². The van der Waals surface area contributed by atoms with E-state index >= 15 is 0 Å². The van der Waals surface area contributed by atoms with E-state index < -0.39 is 0 Å². The van der Waals surface area contributed by atoms with Gasteiger partial charge in [0.1, 0.15) is 5.01 Å². The van der Waals surface area contributed by atoms with E-state index in [1.807, 2.05) is 0 Å². The molecule has 1 aromatic heterocycles. The molecule has 0 amide bonds. The smallest absolute Gasteiger partial charge is 0.208 e. The van der Waals surface area contributed by atoms with Crippen molar-refractivity contribution in [2.24, 2.45) is 0 Å². The Hall–Kier alpha value is -0.680. The molecule has 16 heavy (non-hydrogen) atoms. The van der Waals surface area contributed by atoms with Crippen LogP contribution in [0.25, 0.3) is 0 Å².